The summed E-state index contributed by atoms with van der Waals surface area (Å²) < 4.78 is 0. The molecule has 0 amide bonds. The van der Waals surface area contributed by atoms with Gasteiger partial charge in [0, 0.05) is 31.1 Å². The van der Waals surface area contributed by atoms with Crippen LogP contribution in [0, 0.1) is 34.5 Å². The molecule has 0 aromatic heterocycles. The molecule has 5 atom stereocenters. The maximum Gasteiger partial charge on any atom is 0.156 e. The third-order valence-corrected chi connectivity index (χ3v) is 10.9. The molecule has 1 aliphatic heterocycles. The fourth-order valence-electron chi connectivity index (χ4n) is 9.12. The largest absolute Gasteiger partial charge is 0.384 e. The topological polar surface area (TPSA) is 57.6 Å². The smallest absolute Gasteiger partial charge is 0.156 e. The average molecular weight is 512 g/mol. The van der Waals surface area contributed by atoms with Gasteiger partial charge in [-0.2, -0.15) is 0 Å². The van der Waals surface area contributed by atoms with Crippen LogP contribution in [0.3, 0.4) is 0 Å². The highest BCUT2D eigenvalue weighted by Crippen LogP contribution is 2.69. The number of carbonyl (C=O) groups excluding carboxylic acids is 2. The van der Waals surface area contributed by atoms with Crippen molar-refractivity contribution < 1.29 is 14.7 Å². The number of fused-ring (bicyclic) bond motifs is 4. The fraction of sp³-hybridized carbons (Fsp3) is 0.588. The van der Waals surface area contributed by atoms with E-state index in [1.54, 1.807) is 12.5 Å². The van der Waals surface area contributed by atoms with Gasteiger partial charge in [0.05, 0.1) is 5.41 Å². The number of Topliss-reactive ketones (excluding diaryl/α,β-unsaturated/α-hetero) is 1. The van der Waals surface area contributed by atoms with E-state index in [9.17, 15) is 14.7 Å². The summed E-state index contributed by atoms with van der Waals surface area (Å²) in [6, 6.07) is 9.27. The molecule has 0 radical (unpaired) electrons. The summed E-state index contributed by atoms with van der Waals surface area (Å²) in [5, 5.41) is 9.57. The Morgan fingerprint density at radius 2 is 1.84 bits per heavy atom. The van der Waals surface area contributed by atoms with E-state index in [0.29, 0.717) is 18.3 Å². The molecule has 200 valence electrons. The van der Waals surface area contributed by atoms with Crippen LogP contribution in [0.15, 0.2) is 47.1 Å². The van der Waals surface area contributed by atoms with Crippen LogP contribution in [0.1, 0.15) is 89.5 Å². The van der Waals surface area contributed by atoms with Crippen LogP contribution in [0.25, 0.3) is 0 Å². The monoisotopic (exact) mass is 511 g/mol. The predicted octanol–water partition coefficient (Wildman–Crippen LogP) is 6.15. The maximum absolute atomic E-state index is 13.4. The third kappa shape index (κ3) is 3.92. The highest BCUT2D eigenvalue weighted by Gasteiger charge is 2.64. The molecule has 1 aromatic rings. The molecule has 0 bridgehead atoms. The normalized spacial score (nSPS) is 34.5. The molecular formula is C34H41NO3. The van der Waals surface area contributed by atoms with E-state index in [0.717, 1.165) is 51.6 Å². The number of aliphatic hydroxyl groups is 1. The second kappa shape index (κ2) is 9.83. The van der Waals surface area contributed by atoms with Gasteiger partial charge in [0.1, 0.15) is 12.4 Å². The van der Waals surface area contributed by atoms with Crippen molar-refractivity contribution in [1.29, 1.82) is 0 Å². The Balaban J connectivity index is 1.47. The van der Waals surface area contributed by atoms with Crippen molar-refractivity contribution in [2.24, 2.45) is 22.7 Å². The Morgan fingerprint density at radius 3 is 2.55 bits per heavy atom. The van der Waals surface area contributed by atoms with Crippen LogP contribution in [0.4, 0.5) is 5.69 Å². The minimum Gasteiger partial charge on any atom is -0.384 e. The van der Waals surface area contributed by atoms with Crippen LogP contribution in [-0.2, 0) is 9.59 Å². The molecule has 0 spiro atoms. The maximum atomic E-state index is 13.4. The van der Waals surface area contributed by atoms with E-state index in [1.807, 2.05) is 6.08 Å². The van der Waals surface area contributed by atoms with Crippen LogP contribution in [0.2, 0.25) is 0 Å². The van der Waals surface area contributed by atoms with Gasteiger partial charge in [-0.05, 0) is 117 Å². The molecular weight excluding hydrogens is 470 g/mol. The van der Waals surface area contributed by atoms with Gasteiger partial charge in [0.15, 0.2) is 5.78 Å². The van der Waals surface area contributed by atoms with Crippen LogP contribution < -0.4 is 4.90 Å². The van der Waals surface area contributed by atoms with E-state index >= 15 is 0 Å². The molecule has 4 heteroatoms. The van der Waals surface area contributed by atoms with E-state index < -0.39 is 5.41 Å². The zero-order valence-electron chi connectivity index (χ0n) is 23.0. The third-order valence-electron chi connectivity index (χ3n) is 10.9. The number of hydrogen-bond donors (Lipinski definition) is 1. The van der Waals surface area contributed by atoms with Crippen LogP contribution in [-0.4, -0.2) is 36.4 Å². The number of anilines is 1. The SMILES string of the molecule is CC(=O)[C@@]1(C#CCO)CC[C@H]2[C@@H]3CCC4=CC(=O)CCC4=C3[C@@H](c3ccc(N4CCCCC4)cc3)C[C@@]21C. The Morgan fingerprint density at radius 1 is 1.08 bits per heavy atom. The zero-order valence-corrected chi connectivity index (χ0v) is 23.0. The molecule has 6 rings (SSSR count). The number of ketones is 2. The molecule has 38 heavy (non-hydrogen) atoms. The van der Waals surface area contributed by atoms with Gasteiger partial charge in [-0.1, -0.05) is 36.5 Å². The first-order valence-electron chi connectivity index (χ1n) is 14.8. The van der Waals surface area contributed by atoms with Gasteiger partial charge < -0.3 is 10.0 Å². The summed E-state index contributed by atoms with van der Waals surface area (Å²) in [5.41, 5.74) is 5.94. The first-order valence-corrected chi connectivity index (χ1v) is 14.8. The molecule has 3 fully saturated rings. The van der Waals surface area contributed by atoms with Gasteiger partial charge in [-0.3, -0.25) is 9.59 Å². The lowest BCUT2D eigenvalue weighted by atomic mass is 9.48. The fourth-order valence-corrected chi connectivity index (χ4v) is 9.12. The Kier molecular flexibility index (Phi) is 6.63. The Hall–Kier alpha value is -2.64. The highest BCUT2D eigenvalue weighted by molar-refractivity contribution is 5.93. The summed E-state index contributed by atoms with van der Waals surface area (Å²) in [4.78, 5) is 28.2. The molecule has 2 saturated carbocycles. The van der Waals surface area contributed by atoms with Crippen LogP contribution >= 0.6 is 0 Å². The minimum absolute atomic E-state index is 0.151. The number of hydrogen-bond acceptors (Lipinski definition) is 4. The summed E-state index contributed by atoms with van der Waals surface area (Å²) in [6.07, 6.45) is 11.9. The number of piperidine rings is 1. The van der Waals surface area contributed by atoms with E-state index in [1.165, 1.54) is 41.7 Å². The first-order chi connectivity index (χ1) is 18.4. The van der Waals surface area contributed by atoms with E-state index in [4.69, 9.17) is 0 Å². The number of rotatable bonds is 3. The molecule has 1 saturated heterocycles. The average Bonchev–Trinajstić information content (AvgIpc) is 3.24. The standard InChI is InChI=1S/C34H41NO3/c1-23(37)34(16-6-20-36)17-15-31-29-13-9-25-21-27(38)12-14-28(25)32(29)30(22-33(31,34)2)24-7-10-26(11-8-24)35-18-4-3-5-19-35/h7-8,10-11,21,29-31,36H,3-5,9,12-15,17-20,22H2,1-2H3/t29-,30+,31-,33-,34+/m0/s1. The Labute approximate surface area is 227 Å². The Bertz CT molecular complexity index is 1250. The van der Waals surface area contributed by atoms with Crippen molar-refractivity contribution in [1.82, 2.24) is 0 Å². The second-order valence-electron chi connectivity index (χ2n) is 12.6. The molecule has 5 aliphatic rings. The van der Waals surface area contributed by atoms with Gasteiger partial charge in [0.25, 0.3) is 0 Å². The lowest BCUT2D eigenvalue weighted by molar-refractivity contribution is -0.130. The number of carbonyl (C=O) groups is 2. The zero-order chi connectivity index (χ0) is 26.5. The molecule has 1 N–H and O–H groups in total. The lowest BCUT2D eigenvalue weighted by Gasteiger charge is -2.54. The lowest BCUT2D eigenvalue weighted by Crippen LogP contribution is -2.50. The number of benzene rings is 1. The van der Waals surface area contributed by atoms with Gasteiger partial charge in [0.2, 0.25) is 0 Å². The van der Waals surface area contributed by atoms with Crippen molar-refractivity contribution in [2.75, 3.05) is 24.6 Å². The van der Waals surface area contributed by atoms with Crippen molar-refractivity contribution in [3.05, 3.63) is 52.6 Å². The van der Waals surface area contributed by atoms with Crippen molar-refractivity contribution in [2.45, 2.75) is 84.0 Å². The first kappa shape index (κ1) is 25.6. The number of nitrogens with zero attached hydrogens (tertiary/aromatic N) is 1. The van der Waals surface area contributed by atoms with Crippen molar-refractivity contribution in [3.8, 4) is 11.8 Å². The highest BCUT2D eigenvalue weighted by atomic mass is 16.2. The second-order valence-corrected chi connectivity index (χ2v) is 12.6. The molecule has 4 nitrogen and oxygen atoms in total. The van der Waals surface area contributed by atoms with E-state index in [-0.39, 0.29) is 29.5 Å². The predicted molar refractivity (Wildman–Crippen MR) is 151 cm³/mol. The summed E-state index contributed by atoms with van der Waals surface area (Å²) in [7, 11) is 0. The van der Waals surface area contributed by atoms with Gasteiger partial charge >= 0.3 is 0 Å². The van der Waals surface area contributed by atoms with Crippen molar-refractivity contribution in [3.63, 3.8) is 0 Å². The minimum atomic E-state index is -0.707. The molecule has 4 aliphatic carbocycles. The summed E-state index contributed by atoms with van der Waals surface area (Å²) in [5.74, 6) is 7.69. The van der Waals surface area contributed by atoms with E-state index in [2.05, 4.69) is 47.9 Å². The summed E-state index contributed by atoms with van der Waals surface area (Å²) in [6.45, 7) is 6.09. The van der Waals surface area contributed by atoms with Crippen molar-refractivity contribution >= 4 is 17.3 Å². The number of allylic oxidation sites excluding steroid dienone is 4. The molecule has 0 unspecified atom stereocenters. The van der Waals surface area contributed by atoms with Gasteiger partial charge in [-0.25, -0.2) is 0 Å². The number of aliphatic hydroxyl groups excluding tert-OH is 1. The quantitative estimate of drug-likeness (QED) is 0.495. The van der Waals surface area contributed by atoms with Crippen LogP contribution in [0.5, 0.6) is 0 Å². The molecule has 1 heterocycles. The van der Waals surface area contributed by atoms with Gasteiger partial charge in [-0.15, -0.1) is 0 Å². The summed E-state index contributed by atoms with van der Waals surface area (Å²) >= 11 is 0. The molecule has 1 aromatic carbocycles.